The van der Waals surface area contributed by atoms with Crippen molar-refractivity contribution in [2.75, 3.05) is 0 Å². The van der Waals surface area contributed by atoms with Crippen molar-refractivity contribution in [2.24, 2.45) is 15.7 Å². The van der Waals surface area contributed by atoms with Gasteiger partial charge >= 0.3 is 0 Å². The highest BCUT2D eigenvalue weighted by molar-refractivity contribution is 6.35. The summed E-state index contributed by atoms with van der Waals surface area (Å²) in [7, 11) is 0. The minimum absolute atomic E-state index is 0.153. The Balaban J connectivity index is 1.81. The number of aliphatic imine (C=N–C) groups is 2. The number of hydrogen-bond donors (Lipinski definition) is 1. The topological polar surface area (TPSA) is 67.8 Å². The molecule has 0 saturated heterocycles. The minimum Gasteiger partial charge on any atom is -0.370 e. The molecule has 0 bridgehead atoms. The number of hydrogen-bond acceptors (Lipinski definition) is 3. The summed E-state index contributed by atoms with van der Waals surface area (Å²) in [6.07, 6.45) is 7.51. The maximum Gasteiger partial charge on any atom is 0.218 e. The van der Waals surface area contributed by atoms with Gasteiger partial charge in [0, 0.05) is 22.4 Å². The number of rotatable bonds is 6. The summed E-state index contributed by atoms with van der Waals surface area (Å²) in [6, 6.07) is 15.9. The molecule has 0 saturated carbocycles. The van der Waals surface area contributed by atoms with Crippen molar-refractivity contribution in [3.63, 3.8) is 0 Å². The third-order valence-electron chi connectivity index (χ3n) is 4.70. The number of nitrogens with zero attached hydrogens (tertiary/aromatic N) is 2. The summed E-state index contributed by atoms with van der Waals surface area (Å²) >= 11 is 12.3. The largest absolute Gasteiger partial charge is 0.370 e. The normalized spacial score (nSPS) is 16.9. The van der Waals surface area contributed by atoms with Gasteiger partial charge in [0.1, 0.15) is 0 Å². The highest BCUT2D eigenvalue weighted by Crippen LogP contribution is 2.35. The average Bonchev–Trinajstić information content (AvgIpc) is 2.68. The van der Waals surface area contributed by atoms with E-state index in [-0.39, 0.29) is 18.4 Å². The van der Waals surface area contributed by atoms with Gasteiger partial charge in [0.25, 0.3) is 0 Å². The molecule has 6 heteroatoms. The van der Waals surface area contributed by atoms with Crippen molar-refractivity contribution in [3.05, 3.63) is 75.8 Å². The Kier molecular flexibility index (Phi) is 7.05. The van der Waals surface area contributed by atoms with Crippen LogP contribution in [0, 0.1) is 0 Å². The second-order valence-electron chi connectivity index (χ2n) is 6.76. The lowest BCUT2D eigenvalue weighted by molar-refractivity contribution is -0.118. The van der Waals surface area contributed by atoms with Crippen LogP contribution in [0.3, 0.4) is 0 Å². The van der Waals surface area contributed by atoms with E-state index in [1.54, 1.807) is 12.1 Å². The fraction of sp³-hybridized carbons (Fsp3) is 0.273. The van der Waals surface area contributed by atoms with Crippen LogP contribution in [0.15, 0.2) is 64.6 Å². The van der Waals surface area contributed by atoms with Gasteiger partial charge in [-0.25, -0.2) is 4.99 Å². The predicted octanol–water partition coefficient (Wildman–Crippen LogP) is 5.91. The van der Waals surface area contributed by atoms with Crippen molar-refractivity contribution in [2.45, 2.75) is 37.6 Å². The molecule has 0 heterocycles. The number of carbonyl (C=O) groups is 1. The van der Waals surface area contributed by atoms with E-state index < -0.39 is 5.91 Å². The van der Waals surface area contributed by atoms with Crippen molar-refractivity contribution < 1.29 is 4.79 Å². The highest BCUT2D eigenvalue weighted by Gasteiger charge is 2.19. The number of primary amides is 1. The fourth-order valence-electron chi connectivity index (χ4n) is 3.24. The molecule has 2 aromatic carbocycles. The van der Waals surface area contributed by atoms with Gasteiger partial charge in [-0.2, -0.15) is 4.99 Å². The van der Waals surface area contributed by atoms with Crippen molar-refractivity contribution in [3.8, 4) is 0 Å². The zero-order valence-electron chi connectivity index (χ0n) is 15.3. The second kappa shape index (κ2) is 9.70. The molecule has 1 aliphatic rings. The third kappa shape index (κ3) is 5.56. The van der Waals surface area contributed by atoms with Crippen LogP contribution in [0.1, 0.15) is 42.7 Å². The number of benzene rings is 2. The molecule has 28 heavy (non-hydrogen) atoms. The number of halogens is 2. The SMILES string of the molecule is NC(=O)CC(c1ccc(N=C=NC2CC=CCC2)cc1)c1ccc(Cl)cc1Cl. The molecule has 2 atom stereocenters. The molecule has 3 rings (SSSR count). The van der Waals surface area contributed by atoms with Gasteiger partial charge in [0.05, 0.1) is 17.7 Å². The Morgan fingerprint density at radius 3 is 2.61 bits per heavy atom. The summed E-state index contributed by atoms with van der Waals surface area (Å²) in [5, 5.41) is 1.05. The predicted molar refractivity (Wildman–Crippen MR) is 115 cm³/mol. The van der Waals surface area contributed by atoms with Gasteiger partial charge in [0.15, 0.2) is 0 Å². The van der Waals surface area contributed by atoms with E-state index >= 15 is 0 Å². The first-order valence-electron chi connectivity index (χ1n) is 9.16. The molecule has 2 N–H and O–H groups in total. The Morgan fingerprint density at radius 2 is 1.96 bits per heavy atom. The zero-order chi connectivity index (χ0) is 19.9. The lowest BCUT2D eigenvalue weighted by Gasteiger charge is -2.18. The van der Waals surface area contributed by atoms with Crippen LogP contribution in [0.2, 0.25) is 10.0 Å². The van der Waals surface area contributed by atoms with Crippen LogP contribution < -0.4 is 5.73 Å². The van der Waals surface area contributed by atoms with E-state index in [9.17, 15) is 4.79 Å². The summed E-state index contributed by atoms with van der Waals surface area (Å²) < 4.78 is 0. The van der Waals surface area contributed by atoms with E-state index in [0.717, 1.165) is 36.1 Å². The van der Waals surface area contributed by atoms with E-state index in [2.05, 4.69) is 28.1 Å². The number of carbonyl (C=O) groups excluding carboxylic acids is 1. The van der Waals surface area contributed by atoms with Crippen LogP contribution in [-0.2, 0) is 4.79 Å². The van der Waals surface area contributed by atoms with E-state index in [4.69, 9.17) is 28.9 Å². The first kappa shape index (κ1) is 20.3. The number of allylic oxidation sites excluding steroid dienone is 1. The molecule has 0 radical (unpaired) electrons. The minimum atomic E-state index is -0.397. The zero-order valence-corrected chi connectivity index (χ0v) is 16.8. The van der Waals surface area contributed by atoms with Crippen LogP contribution in [0.25, 0.3) is 0 Å². The third-order valence-corrected chi connectivity index (χ3v) is 5.26. The number of nitrogens with two attached hydrogens (primary N) is 1. The summed E-state index contributed by atoms with van der Waals surface area (Å²) in [6.45, 7) is 0. The standard InChI is InChI=1S/C22H21Cl2N3O/c23-16-8-11-19(21(24)12-16)20(13-22(25)28)15-6-9-18(10-7-15)27-14-26-17-4-2-1-3-5-17/h1-2,6-12,17,20H,3-5,13H2,(H2,25,28). The van der Waals surface area contributed by atoms with Crippen LogP contribution in [0.5, 0.6) is 0 Å². The highest BCUT2D eigenvalue weighted by atomic mass is 35.5. The van der Waals surface area contributed by atoms with Crippen molar-refractivity contribution >= 4 is 40.8 Å². The first-order valence-corrected chi connectivity index (χ1v) is 9.92. The fourth-order valence-corrected chi connectivity index (χ4v) is 3.78. The van der Waals surface area contributed by atoms with E-state index in [1.165, 1.54) is 0 Å². The maximum absolute atomic E-state index is 11.6. The van der Waals surface area contributed by atoms with Gasteiger partial charge in [-0.15, -0.1) is 0 Å². The quantitative estimate of drug-likeness (QED) is 0.463. The second-order valence-corrected chi connectivity index (χ2v) is 7.60. The lowest BCUT2D eigenvalue weighted by Crippen LogP contribution is -2.16. The van der Waals surface area contributed by atoms with Crippen LogP contribution in [-0.4, -0.2) is 18.0 Å². The van der Waals surface area contributed by atoms with Crippen molar-refractivity contribution in [1.82, 2.24) is 0 Å². The first-order chi connectivity index (χ1) is 13.5. The van der Waals surface area contributed by atoms with Gasteiger partial charge in [-0.05, 0) is 54.7 Å². The molecular formula is C22H21Cl2N3O. The Hall–Kier alpha value is -2.39. The summed E-state index contributed by atoms with van der Waals surface area (Å²) in [5.41, 5.74) is 7.95. The summed E-state index contributed by atoms with van der Waals surface area (Å²) in [5.74, 6) is -0.644. The monoisotopic (exact) mass is 413 g/mol. The van der Waals surface area contributed by atoms with Gasteiger partial charge in [0.2, 0.25) is 5.91 Å². The number of amides is 1. The molecular weight excluding hydrogens is 393 g/mol. The molecule has 0 aromatic heterocycles. The van der Waals surface area contributed by atoms with Gasteiger partial charge in [-0.3, -0.25) is 4.79 Å². The Labute approximate surface area is 174 Å². The molecule has 0 aliphatic heterocycles. The molecule has 0 spiro atoms. The van der Waals surface area contributed by atoms with E-state index in [1.807, 2.05) is 30.3 Å². The smallest absolute Gasteiger partial charge is 0.218 e. The molecule has 1 amide bonds. The molecule has 2 aromatic rings. The Bertz CT molecular complexity index is 931. The van der Waals surface area contributed by atoms with Gasteiger partial charge < -0.3 is 5.73 Å². The van der Waals surface area contributed by atoms with Crippen LogP contribution in [0.4, 0.5) is 5.69 Å². The molecule has 144 valence electrons. The van der Waals surface area contributed by atoms with Crippen LogP contribution >= 0.6 is 23.2 Å². The molecule has 4 nitrogen and oxygen atoms in total. The average molecular weight is 414 g/mol. The Morgan fingerprint density at radius 1 is 1.18 bits per heavy atom. The summed E-state index contributed by atoms with van der Waals surface area (Å²) in [4.78, 5) is 20.3. The molecule has 0 fully saturated rings. The molecule has 2 unspecified atom stereocenters. The van der Waals surface area contributed by atoms with E-state index in [0.29, 0.717) is 10.0 Å². The maximum atomic E-state index is 11.6. The lowest BCUT2D eigenvalue weighted by atomic mass is 9.88. The van der Waals surface area contributed by atoms with Crippen molar-refractivity contribution in [1.29, 1.82) is 0 Å². The van der Waals surface area contributed by atoms with Gasteiger partial charge in [-0.1, -0.05) is 53.6 Å². The molecule has 1 aliphatic carbocycles.